The van der Waals surface area contributed by atoms with E-state index >= 15 is 0 Å². The van der Waals surface area contributed by atoms with E-state index in [4.69, 9.17) is 22.1 Å². The van der Waals surface area contributed by atoms with E-state index in [1.165, 1.54) is 0 Å². The number of halogens is 1. The predicted octanol–water partition coefficient (Wildman–Crippen LogP) is 0.639. The number of nitrogens with two attached hydrogens (primary N) is 1. The van der Waals surface area contributed by atoms with Crippen LogP contribution in [0.3, 0.4) is 0 Å². The van der Waals surface area contributed by atoms with E-state index in [2.05, 4.69) is 15.0 Å². The van der Waals surface area contributed by atoms with Crippen molar-refractivity contribution in [3.8, 4) is 0 Å². The molecule has 0 aromatic carbocycles. The first-order valence-electron chi connectivity index (χ1n) is 5.72. The van der Waals surface area contributed by atoms with Crippen molar-refractivity contribution in [2.24, 2.45) is 0 Å². The number of rotatable bonds is 3. The average Bonchev–Trinajstić information content (AvgIpc) is 2.76. The lowest BCUT2D eigenvalue weighted by Crippen LogP contribution is -2.38. The maximum Gasteiger partial charge on any atom is 0.328 e. The van der Waals surface area contributed by atoms with Crippen molar-refractivity contribution in [2.45, 2.75) is 25.8 Å². The number of aromatic nitrogens is 3. The third kappa shape index (κ3) is 2.61. The van der Waals surface area contributed by atoms with Crippen LogP contribution in [-0.2, 0) is 9.53 Å². The van der Waals surface area contributed by atoms with Crippen molar-refractivity contribution in [1.29, 1.82) is 0 Å². The van der Waals surface area contributed by atoms with Gasteiger partial charge in [0.2, 0.25) is 17.2 Å². The van der Waals surface area contributed by atoms with E-state index in [0.29, 0.717) is 25.5 Å². The molecule has 0 spiro atoms. The van der Waals surface area contributed by atoms with Crippen molar-refractivity contribution in [3.63, 3.8) is 0 Å². The minimum absolute atomic E-state index is 0.0204. The lowest BCUT2D eigenvalue weighted by molar-refractivity contribution is -0.144. The Hall–Kier alpha value is -1.63. The Balaban J connectivity index is 2.23. The zero-order valence-electron chi connectivity index (χ0n) is 9.97. The van der Waals surface area contributed by atoms with Gasteiger partial charge >= 0.3 is 5.97 Å². The molecular weight excluding hydrogens is 258 g/mol. The van der Waals surface area contributed by atoms with E-state index in [-0.39, 0.29) is 23.2 Å². The van der Waals surface area contributed by atoms with E-state index in [1.807, 2.05) is 0 Å². The van der Waals surface area contributed by atoms with Crippen LogP contribution in [0.1, 0.15) is 19.8 Å². The molecule has 98 valence electrons. The molecule has 1 atom stereocenters. The monoisotopic (exact) mass is 271 g/mol. The molecule has 1 aromatic rings. The van der Waals surface area contributed by atoms with Gasteiger partial charge in [-0.15, -0.1) is 0 Å². The third-order valence-electron chi connectivity index (χ3n) is 2.68. The van der Waals surface area contributed by atoms with Gasteiger partial charge in [0.15, 0.2) is 0 Å². The first kappa shape index (κ1) is 12.8. The standard InChI is InChI=1S/C10H14ClN5O2/c1-2-18-7(17)6-4-3-5-16(6)10-14-8(11)13-9(12)15-10/h6H,2-5H2,1H3,(H2,12,13,14,15)/t6-/m1/s1. The molecule has 1 aromatic heterocycles. The predicted molar refractivity (Wildman–Crippen MR) is 66.3 cm³/mol. The number of anilines is 2. The van der Waals surface area contributed by atoms with Crippen molar-refractivity contribution in [3.05, 3.63) is 5.28 Å². The molecule has 1 aliphatic heterocycles. The highest BCUT2D eigenvalue weighted by molar-refractivity contribution is 6.28. The van der Waals surface area contributed by atoms with Crippen LogP contribution in [0.4, 0.5) is 11.9 Å². The molecule has 2 rings (SSSR count). The topological polar surface area (TPSA) is 94.2 Å². The second-order valence-corrected chi connectivity index (χ2v) is 4.20. The maximum atomic E-state index is 11.8. The molecular formula is C10H14ClN5O2. The van der Waals surface area contributed by atoms with Crippen molar-refractivity contribution in [1.82, 2.24) is 15.0 Å². The van der Waals surface area contributed by atoms with Crippen LogP contribution >= 0.6 is 11.6 Å². The molecule has 7 nitrogen and oxygen atoms in total. The highest BCUT2D eigenvalue weighted by atomic mass is 35.5. The van der Waals surface area contributed by atoms with E-state index in [0.717, 1.165) is 6.42 Å². The fourth-order valence-corrected chi connectivity index (χ4v) is 2.13. The zero-order chi connectivity index (χ0) is 13.1. The molecule has 1 fully saturated rings. The van der Waals surface area contributed by atoms with Gasteiger partial charge in [-0.1, -0.05) is 0 Å². The van der Waals surface area contributed by atoms with E-state index in [1.54, 1.807) is 11.8 Å². The summed E-state index contributed by atoms with van der Waals surface area (Å²) in [5.41, 5.74) is 5.52. The number of ether oxygens (including phenoxy) is 1. The number of esters is 1. The van der Waals surface area contributed by atoms with Crippen LogP contribution in [0.25, 0.3) is 0 Å². The average molecular weight is 272 g/mol. The van der Waals surface area contributed by atoms with Gasteiger partial charge in [-0.2, -0.15) is 15.0 Å². The Bertz CT molecular complexity index is 436. The Morgan fingerprint density at radius 1 is 1.56 bits per heavy atom. The summed E-state index contributed by atoms with van der Waals surface area (Å²) >= 11 is 5.73. The molecule has 18 heavy (non-hydrogen) atoms. The van der Waals surface area contributed by atoms with E-state index < -0.39 is 0 Å². The molecule has 2 heterocycles. The van der Waals surface area contributed by atoms with E-state index in [9.17, 15) is 4.79 Å². The van der Waals surface area contributed by atoms with Gasteiger partial charge in [-0.3, -0.25) is 0 Å². The molecule has 1 saturated heterocycles. The SMILES string of the molecule is CCOC(=O)[C@H]1CCCN1c1nc(N)nc(Cl)n1. The van der Waals surface area contributed by atoms with Gasteiger partial charge in [-0.05, 0) is 31.4 Å². The van der Waals surface area contributed by atoms with Crippen LogP contribution in [-0.4, -0.2) is 40.1 Å². The second kappa shape index (κ2) is 5.34. The molecule has 0 amide bonds. The van der Waals surface area contributed by atoms with Crippen LogP contribution in [0.15, 0.2) is 0 Å². The molecule has 0 unspecified atom stereocenters. The lowest BCUT2D eigenvalue weighted by atomic mass is 10.2. The van der Waals surface area contributed by atoms with Crippen LogP contribution in [0.5, 0.6) is 0 Å². The van der Waals surface area contributed by atoms with Crippen molar-refractivity contribution >= 4 is 29.5 Å². The number of hydrogen-bond donors (Lipinski definition) is 1. The minimum Gasteiger partial charge on any atom is -0.464 e. The van der Waals surface area contributed by atoms with Gasteiger partial charge in [0.1, 0.15) is 6.04 Å². The first-order valence-corrected chi connectivity index (χ1v) is 6.10. The van der Waals surface area contributed by atoms with Crippen LogP contribution in [0, 0.1) is 0 Å². The summed E-state index contributed by atoms with van der Waals surface area (Å²) in [5, 5.41) is 0.0204. The molecule has 0 aliphatic carbocycles. The normalized spacial score (nSPS) is 19.0. The Kier molecular flexibility index (Phi) is 3.81. The Morgan fingerprint density at radius 2 is 2.33 bits per heavy atom. The van der Waals surface area contributed by atoms with Crippen LogP contribution < -0.4 is 10.6 Å². The molecule has 1 aliphatic rings. The Labute approximate surface area is 109 Å². The number of carbonyl (C=O) groups is 1. The first-order chi connectivity index (χ1) is 8.61. The quantitative estimate of drug-likeness (QED) is 0.806. The molecule has 0 saturated carbocycles. The minimum atomic E-state index is -0.372. The molecule has 0 bridgehead atoms. The molecule has 8 heteroatoms. The maximum absolute atomic E-state index is 11.8. The number of nitrogens with zero attached hydrogens (tertiary/aromatic N) is 4. The Morgan fingerprint density at radius 3 is 3.00 bits per heavy atom. The third-order valence-corrected chi connectivity index (χ3v) is 2.85. The smallest absolute Gasteiger partial charge is 0.328 e. The highest BCUT2D eigenvalue weighted by Gasteiger charge is 2.33. The zero-order valence-corrected chi connectivity index (χ0v) is 10.7. The summed E-state index contributed by atoms with van der Waals surface area (Å²) in [6, 6.07) is -0.372. The number of hydrogen-bond acceptors (Lipinski definition) is 7. The van der Waals surface area contributed by atoms with Gasteiger partial charge in [0.25, 0.3) is 0 Å². The van der Waals surface area contributed by atoms with Crippen molar-refractivity contribution < 1.29 is 9.53 Å². The molecule has 2 N–H and O–H groups in total. The fraction of sp³-hybridized carbons (Fsp3) is 0.600. The van der Waals surface area contributed by atoms with Gasteiger partial charge < -0.3 is 15.4 Å². The largest absolute Gasteiger partial charge is 0.464 e. The fourth-order valence-electron chi connectivity index (χ4n) is 1.97. The lowest BCUT2D eigenvalue weighted by Gasteiger charge is -2.22. The number of nitrogen functional groups attached to an aromatic ring is 1. The number of carbonyl (C=O) groups excluding carboxylic acids is 1. The van der Waals surface area contributed by atoms with Crippen LogP contribution in [0.2, 0.25) is 5.28 Å². The summed E-state index contributed by atoms with van der Waals surface area (Å²) in [6.07, 6.45) is 1.58. The van der Waals surface area contributed by atoms with Gasteiger partial charge in [-0.25, -0.2) is 4.79 Å². The molecule has 0 radical (unpaired) electrons. The van der Waals surface area contributed by atoms with Gasteiger partial charge in [0.05, 0.1) is 6.61 Å². The summed E-state index contributed by atoms with van der Waals surface area (Å²) in [4.78, 5) is 25.2. The summed E-state index contributed by atoms with van der Waals surface area (Å²) < 4.78 is 5.02. The summed E-state index contributed by atoms with van der Waals surface area (Å²) in [6.45, 7) is 2.79. The highest BCUT2D eigenvalue weighted by Crippen LogP contribution is 2.24. The van der Waals surface area contributed by atoms with Gasteiger partial charge in [0, 0.05) is 6.54 Å². The summed E-state index contributed by atoms with van der Waals surface area (Å²) in [5.74, 6) is 0.0904. The summed E-state index contributed by atoms with van der Waals surface area (Å²) in [7, 11) is 0. The second-order valence-electron chi connectivity index (χ2n) is 3.87. The van der Waals surface area contributed by atoms with Crippen molar-refractivity contribution in [2.75, 3.05) is 23.8 Å².